The molecule has 2 saturated heterocycles. The Labute approximate surface area is 97.1 Å². The van der Waals surface area contributed by atoms with Gasteiger partial charge >= 0.3 is 0 Å². The number of carbonyl (C=O) groups excluding carboxylic acids is 1. The molecule has 2 aliphatic rings. The Hall–Kier alpha value is -0.610. The van der Waals surface area contributed by atoms with E-state index in [4.69, 9.17) is 4.74 Å². The van der Waals surface area contributed by atoms with E-state index in [9.17, 15) is 4.79 Å². The summed E-state index contributed by atoms with van der Waals surface area (Å²) in [5.41, 5.74) is 0. The molecule has 2 aliphatic heterocycles. The lowest BCUT2D eigenvalue weighted by molar-refractivity contribution is -0.131. The van der Waals surface area contributed by atoms with E-state index in [-0.39, 0.29) is 18.1 Å². The second kappa shape index (κ2) is 5.64. The van der Waals surface area contributed by atoms with Crippen molar-refractivity contribution in [3.05, 3.63) is 0 Å². The fourth-order valence-electron chi connectivity index (χ4n) is 2.56. The molecule has 0 saturated carbocycles. The second-order valence-corrected chi connectivity index (χ2v) is 4.89. The first kappa shape index (κ1) is 11.9. The van der Waals surface area contributed by atoms with Gasteiger partial charge in [-0.1, -0.05) is 0 Å². The van der Waals surface area contributed by atoms with Gasteiger partial charge in [-0.25, -0.2) is 0 Å². The van der Waals surface area contributed by atoms with Gasteiger partial charge in [-0.15, -0.1) is 0 Å². The Kier molecular flexibility index (Phi) is 4.18. The molecule has 0 aliphatic carbocycles. The van der Waals surface area contributed by atoms with Crippen LogP contribution in [0.2, 0.25) is 0 Å². The average Bonchev–Trinajstić information content (AvgIpc) is 2.83. The summed E-state index contributed by atoms with van der Waals surface area (Å²) >= 11 is 0. The molecule has 0 spiro atoms. The van der Waals surface area contributed by atoms with E-state index in [0.717, 1.165) is 45.4 Å². The Bertz CT molecular complexity index is 233. The maximum absolute atomic E-state index is 11.8. The molecule has 1 amide bonds. The molecule has 2 fully saturated rings. The van der Waals surface area contributed by atoms with Crippen LogP contribution in [0.15, 0.2) is 0 Å². The molecule has 0 radical (unpaired) electrons. The van der Waals surface area contributed by atoms with Gasteiger partial charge in [0.2, 0.25) is 5.91 Å². The van der Waals surface area contributed by atoms with Crippen molar-refractivity contribution in [3.8, 4) is 0 Å². The van der Waals surface area contributed by atoms with Gasteiger partial charge in [-0.05, 0) is 51.6 Å². The molecule has 2 unspecified atom stereocenters. The summed E-state index contributed by atoms with van der Waals surface area (Å²) in [6.07, 6.45) is 4.02. The van der Waals surface area contributed by atoms with E-state index in [2.05, 4.69) is 17.6 Å². The number of rotatable bonds is 3. The normalized spacial score (nSPS) is 28.9. The predicted molar refractivity (Wildman–Crippen MR) is 62.2 cm³/mol. The number of hydrogen-bond acceptors (Lipinski definition) is 3. The highest BCUT2D eigenvalue weighted by atomic mass is 16.5. The summed E-state index contributed by atoms with van der Waals surface area (Å²) in [7, 11) is 0. The number of ether oxygens (including phenoxy) is 1. The first-order valence-electron chi connectivity index (χ1n) is 6.40. The van der Waals surface area contributed by atoms with Crippen LogP contribution in [-0.4, -0.2) is 37.7 Å². The van der Waals surface area contributed by atoms with Crippen molar-refractivity contribution in [2.24, 2.45) is 5.92 Å². The monoisotopic (exact) mass is 226 g/mol. The maximum atomic E-state index is 11.8. The standard InChI is InChI=1S/C12H22N2O2/c1-9(10-4-6-13-7-5-10)14-12(15)11-3-2-8-16-11/h9-11,13H,2-8H2,1H3,(H,14,15). The molecule has 2 N–H and O–H groups in total. The third kappa shape index (κ3) is 2.95. The minimum atomic E-state index is -0.191. The van der Waals surface area contributed by atoms with Gasteiger partial charge in [0.1, 0.15) is 6.10 Å². The van der Waals surface area contributed by atoms with Crippen molar-refractivity contribution in [2.45, 2.75) is 44.8 Å². The molecule has 16 heavy (non-hydrogen) atoms. The van der Waals surface area contributed by atoms with Crippen LogP contribution in [0.5, 0.6) is 0 Å². The van der Waals surface area contributed by atoms with E-state index in [0.29, 0.717) is 5.92 Å². The van der Waals surface area contributed by atoms with Crippen LogP contribution in [0.25, 0.3) is 0 Å². The number of nitrogens with one attached hydrogen (secondary N) is 2. The van der Waals surface area contributed by atoms with Gasteiger partial charge in [-0.2, -0.15) is 0 Å². The molecule has 0 bridgehead atoms. The minimum Gasteiger partial charge on any atom is -0.368 e. The van der Waals surface area contributed by atoms with Crippen LogP contribution in [0, 0.1) is 5.92 Å². The van der Waals surface area contributed by atoms with Crippen molar-refractivity contribution in [3.63, 3.8) is 0 Å². The van der Waals surface area contributed by atoms with Crippen LogP contribution in [-0.2, 0) is 9.53 Å². The Morgan fingerprint density at radius 2 is 2.12 bits per heavy atom. The smallest absolute Gasteiger partial charge is 0.249 e. The van der Waals surface area contributed by atoms with Gasteiger partial charge in [0.25, 0.3) is 0 Å². The van der Waals surface area contributed by atoms with Crippen molar-refractivity contribution in [2.75, 3.05) is 19.7 Å². The average molecular weight is 226 g/mol. The number of carbonyl (C=O) groups is 1. The molecule has 0 aromatic rings. The molecule has 92 valence electrons. The molecule has 2 rings (SSSR count). The van der Waals surface area contributed by atoms with Crippen LogP contribution < -0.4 is 10.6 Å². The largest absolute Gasteiger partial charge is 0.368 e. The summed E-state index contributed by atoms with van der Waals surface area (Å²) in [5, 5.41) is 6.44. The zero-order valence-electron chi connectivity index (χ0n) is 10.00. The molecule has 4 heteroatoms. The first-order chi connectivity index (χ1) is 7.77. The third-order valence-corrected chi connectivity index (χ3v) is 3.68. The van der Waals surface area contributed by atoms with Crippen LogP contribution >= 0.6 is 0 Å². The zero-order chi connectivity index (χ0) is 11.4. The van der Waals surface area contributed by atoms with E-state index in [1.165, 1.54) is 0 Å². The molecule has 2 atom stereocenters. The fourth-order valence-corrected chi connectivity index (χ4v) is 2.56. The van der Waals surface area contributed by atoms with Crippen molar-refractivity contribution in [1.29, 1.82) is 0 Å². The van der Waals surface area contributed by atoms with Gasteiger partial charge in [0.05, 0.1) is 0 Å². The highest BCUT2D eigenvalue weighted by molar-refractivity contribution is 5.81. The summed E-state index contributed by atoms with van der Waals surface area (Å²) in [5.74, 6) is 0.704. The lowest BCUT2D eigenvalue weighted by atomic mass is 9.91. The van der Waals surface area contributed by atoms with Gasteiger partial charge in [0.15, 0.2) is 0 Å². The van der Waals surface area contributed by atoms with Gasteiger partial charge in [0, 0.05) is 12.6 Å². The van der Waals surface area contributed by atoms with Gasteiger partial charge < -0.3 is 15.4 Å². The van der Waals surface area contributed by atoms with Crippen molar-refractivity contribution >= 4 is 5.91 Å². The van der Waals surface area contributed by atoms with Crippen molar-refractivity contribution in [1.82, 2.24) is 10.6 Å². The number of piperidine rings is 1. The Morgan fingerprint density at radius 3 is 2.75 bits per heavy atom. The highest BCUT2D eigenvalue weighted by Crippen LogP contribution is 2.17. The minimum absolute atomic E-state index is 0.0866. The van der Waals surface area contributed by atoms with Crippen molar-refractivity contribution < 1.29 is 9.53 Å². The Morgan fingerprint density at radius 1 is 1.38 bits per heavy atom. The highest BCUT2D eigenvalue weighted by Gasteiger charge is 2.27. The summed E-state index contributed by atoms with van der Waals surface area (Å²) in [4.78, 5) is 11.8. The van der Waals surface area contributed by atoms with Crippen LogP contribution in [0.3, 0.4) is 0 Å². The maximum Gasteiger partial charge on any atom is 0.249 e. The zero-order valence-corrected chi connectivity index (χ0v) is 10.00. The molecule has 2 heterocycles. The van der Waals surface area contributed by atoms with E-state index < -0.39 is 0 Å². The van der Waals surface area contributed by atoms with Crippen LogP contribution in [0.4, 0.5) is 0 Å². The molecular weight excluding hydrogens is 204 g/mol. The van der Waals surface area contributed by atoms with E-state index in [1.807, 2.05) is 0 Å². The molecule has 4 nitrogen and oxygen atoms in total. The lowest BCUT2D eigenvalue weighted by Gasteiger charge is -2.29. The number of hydrogen-bond donors (Lipinski definition) is 2. The molecular formula is C12H22N2O2. The van der Waals surface area contributed by atoms with Crippen LogP contribution in [0.1, 0.15) is 32.6 Å². The first-order valence-corrected chi connectivity index (χ1v) is 6.40. The quantitative estimate of drug-likeness (QED) is 0.743. The number of amides is 1. The molecule has 0 aromatic heterocycles. The van der Waals surface area contributed by atoms with E-state index >= 15 is 0 Å². The summed E-state index contributed by atoms with van der Waals surface area (Å²) < 4.78 is 5.38. The van der Waals surface area contributed by atoms with E-state index in [1.54, 1.807) is 0 Å². The second-order valence-electron chi connectivity index (χ2n) is 4.89. The SMILES string of the molecule is CC(NC(=O)C1CCCO1)C1CCNCC1. The Balaban J connectivity index is 1.76. The molecule has 0 aromatic carbocycles. The summed E-state index contributed by atoms with van der Waals surface area (Å²) in [6, 6.07) is 0.277. The lowest BCUT2D eigenvalue weighted by Crippen LogP contribution is -2.46. The van der Waals surface area contributed by atoms with Gasteiger partial charge in [-0.3, -0.25) is 4.79 Å². The fraction of sp³-hybridized carbons (Fsp3) is 0.917. The predicted octanol–water partition coefficient (Wildman–Crippen LogP) is 0.670. The summed E-state index contributed by atoms with van der Waals surface area (Å²) in [6.45, 7) is 5.00. The topological polar surface area (TPSA) is 50.4 Å². The third-order valence-electron chi connectivity index (χ3n) is 3.68.